The standard InChI is InChI=1S/C32H40O9/c1-15(11-18(34)12-16(2)28(39)40)19-13-23(37)32(8)24-20(35)14-21-29(4,5)22(36)9-10-30(21,6)25(24)26(38)27(31(19,32)7)41-17(3)33/h11,16,19,21,27H,9-10,12-14H2,1-8H3,(H,39,40)/b15-11-/t16?,19?,21?,27-,30+,31+,32+/m1/s1. The van der Waals surface area contributed by atoms with Crippen molar-refractivity contribution in [2.24, 2.45) is 39.4 Å². The number of allylic oxidation sites excluding steroid dienone is 3. The molecule has 0 spiro atoms. The van der Waals surface area contributed by atoms with Crippen LogP contribution in [0.2, 0.25) is 0 Å². The SMILES string of the molecule is CC(=O)O[C@@H]1C(=O)C2=C(C(=O)CC3C(C)(C)C(=O)CC[C@]23C)[C@]2(C)C(=O)CC(/C(C)=C\C(=O)CC(C)C(=O)O)[C@@]12C. The maximum absolute atomic E-state index is 14.6. The lowest BCUT2D eigenvalue weighted by Gasteiger charge is -2.59. The lowest BCUT2D eigenvalue weighted by molar-refractivity contribution is -0.172. The molecule has 7 atom stereocenters. The summed E-state index contributed by atoms with van der Waals surface area (Å²) in [7, 11) is 0. The zero-order chi connectivity index (χ0) is 31.0. The van der Waals surface area contributed by atoms with Crippen molar-refractivity contribution in [1.82, 2.24) is 0 Å². The van der Waals surface area contributed by atoms with Gasteiger partial charge in [-0.05, 0) is 38.2 Å². The van der Waals surface area contributed by atoms with E-state index in [2.05, 4.69) is 0 Å². The lowest BCUT2D eigenvalue weighted by atomic mass is 9.42. The Morgan fingerprint density at radius 3 is 2.15 bits per heavy atom. The highest BCUT2D eigenvalue weighted by Gasteiger charge is 2.74. The molecule has 0 heterocycles. The Balaban J connectivity index is 1.94. The van der Waals surface area contributed by atoms with Gasteiger partial charge in [0.05, 0.1) is 11.3 Å². The largest absolute Gasteiger partial charge is 0.481 e. The van der Waals surface area contributed by atoms with Crippen LogP contribution in [0.5, 0.6) is 0 Å². The third kappa shape index (κ3) is 4.13. The van der Waals surface area contributed by atoms with E-state index in [9.17, 15) is 38.7 Å². The minimum absolute atomic E-state index is 0.0174. The number of carboxylic acids is 1. The van der Waals surface area contributed by atoms with Crippen molar-refractivity contribution in [2.45, 2.75) is 93.6 Å². The van der Waals surface area contributed by atoms with E-state index >= 15 is 0 Å². The Labute approximate surface area is 240 Å². The maximum Gasteiger partial charge on any atom is 0.306 e. The Morgan fingerprint density at radius 1 is 0.976 bits per heavy atom. The summed E-state index contributed by atoms with van der Waals surface area (Å²) in [6, 6.07) is 0. The third-order valence-corrected chi connectivity index (χ3v) is 11.1. The van der Waals surface area contributed by atoms with Crippen molar-refractivity contribution in [2.75, 3.05) is 0 Å². The van der Waals surface area contributed by atoms with Crippen molar-refractivity contribution in [3.05, 3.63) is 22.8 Å². The van der Waals surface area contributed by atoms with Gasteiger partial charge in [-0.1, -0.05) is 40.2 Å². The summed E-state index contributed by atoms with van der Waals surface area (Å²) in [5.74, 6) is -5.51. The summed E-state index contributed by atoms with van der Waals surface area (Å²) >= 11 is 0. The number of rotatable bonds is 6. The number of hydrogen-bond acceptors (Lipinski definition) is 8. The number of aliphatic carboxylic acids is 1. The number of ether oxygens (including phenoxy) is 1. The van der Waals surface area contributed by atoms with E-state index in [1.807, 2.05) is 6.92 Å². The fraction of sp³-hybridized carbons (Fsp3) is 0.656. The molecular formula is C32H40O9. The Morgan fingerprint density at radius 2 is 1.59 bits per heavy atom. The van der Waals surface area contributed by atoms with Crippen molar-refractivity contribution < 1.29 is 43.4 Å². The van der Waals surface area contributed by atoms with Crippen LogP contribution in [0.25, 0.3) is 0 Å². The van der Waals surface area contributed by atoms with Crippen molar-refractivity contribution >= 4 is 40.9 Å². The van der Waals surface area contributed by atoms with Gasteiger partial charge in [0.25, 0.3) is 0 Å². The summed E-state index contributed by atoms with van der Waals surface area (Å²) in [6.45, 7) is 13.1. The Hall–Kier alpha value is -3.23. The van der Waals surface area contributed by atoms with Crippen molar-refractivity contribution in [1.29, 1.82) is 0 Å². The molecule has 9 heteroatoms. The number of ketones is 5. The molecule has 2 fully saturated rings. The number of carboxylic acid groups (broad SMARTS) is 1. The van der Waals surface area contributed by atoms with Gasteiger partial charge in [0.15, 0.2) is 17.7 Å². The van der Waals surface area contributed by atoms with E-state index in [1.54, 1.807) is 34.6 Å². The molecule has 1 N–H and O–H groups in total. The molecule has 0 aromatic rings. The van der Waals surface area contributed by atoms with Gasteiger partial charge in [-0.15, -0.1) is 0 Å². The van der Waals surface area contributed by atoms with Crippen molar-refractivity contribution in [3.8, 4) is 0 Å². The molecule has 4 aliphatic carbocycles. The number of Topliss-reactive ketones (excluding diaryl/α,β-unsaturated/α-hetero) is 4. The first kappa shape index (κ1) is 30.7. The van der Waals surface area contributed by atoms with Crippen LogP contribution >= 0.6 is 0 Å². The van der Waals surface area contributed by atoms with E-state index in [0.717, 1.165) is 0 Å². The lowest BCUT2D eigenvalue weighted by Crippen LogP contribution is -2.64. The Bertz CT molecular complexity index is 1360. The number of hydrogen-bond donors (Lipinski definition) is 1. The van der Waals surface area contributed by atoms with Gasteiger partial charge in [-0.2, -0.15) is 0 Å². The second kappa shape index (κ2) is 9.66. The molecule has 41 heavy (non-hydrogen) atoms. The zero-order valence-corrected chi connectivity index (χ0v) is 25.1. The predicted molar refractivity (Wildman–Crippen MR) is 146 cm³/mol. The molecule has 2 saturated carbocycles. The average molecular weight is 569 g/mol. The molecule has 0 radical (unpaired) electrons. The zero-order valence-electron chi connectivity index (χ0n) is 25.1. The second-order valence-corrected chi connectivity index (χ2v) is 13.7. The van der Waals surface area contributed by atoms with Crippen LogP contribution in [0.1, 0.15) is 87.5 Å². The molecule has 0 aromatic heterocycles. The highest BCUT2D eigenvalue weighted by molar-refractivity contribution is 6.18. The third-order valence-electron chi connectivity index (χ3n) is 11.1. The monoisotopic (exact) mass is 568 g/mol. The molecular weight excluding hydrogens is 528 g/mol. The topological polar surface area (TPSA) is 149 Å². The van der Waals surface area contributed by atoms with E-state index < -0.39 is 69.0 Å². The van der Waals surface area contributed by atoms with E-state index in [-0.39, 0.29) is 54.2 Å². The van der Waals surface area contributed by atoms with Gasteiger partial charge in [-0.3, -0.25) is 33.6 Å². The molecule has 0 bridgehead atoms. The highest BCUT2D eigenvalue weighted by atomic mass is 16.5. The first-order valence-corrected chi connectivity index (χ1v) is 14.3. The molecule has 0 aliphatic heterocycles. The van der Waals surface area contributed by atoms with Crippen LogP contribution in [-0.4, -0.2) is 52.1 Å². The van der Waals surface area contributed by atoms with Gasteiger partial charge in [0, 0.05) is 60.0 Å². The molecule has 0 saturated heterocycles. The summed E-state index contributed by atoms with van der Waals surface area (Å²) in [4.78, 5) is 92.1. The van der Waals surface area contributed by atoms with Gasteiger partial charge in [0.1, 0.15) is 11.6 Å². The van der Waals surface area contributed by atoms with Crippen LogP contribution in [0.4, 0.5) is 0 Å². The number of carbonyl (C=O) groups is 7. The summed E-state index contributed by atoms with van der Waals surface area (Å²) < 4.78 is 5.75. The van der Waals surface area contributed by atoms with Crippen LogP contribution in [0.15, 0.2) is 22.8 Å². The first-order valence-electron chi connectivity index (χ1n) is 14.3. The van der Waals surface area contributed by atoms with Gasteiger partial charge in [0.2, 0.25) is 5.78 Å². The average Bonchev–Trinajstić information content (AvgIpc) is 3.07. The maximum atomic E-state index is 14.6. The van der Waals surface area contributed by atoms with Crippen LogP contribution in [0.3, 0.4) is 0 Å². The minimum atomic E-state index is -1.50. The van der Waals surface area contributed by atoms with E-state index in [1.165, 1.54) is 19.9 Å². The van der Waals surface area contributed by atoms with Crippen LogP contribution in [0, 0.1) is 39.4 Å². The van der Waals surface area contributed by atoms with Crippen LogP contribution in [-0.2, 0) is 38.3 Å². The number of esters is 1. The molecule has 222 valence electrons. The molecule has 4 aliphatic rings. The highest BCUT2D eigenvalue weighted by Crippen LogP contribution is 2.70. The smallest absolute Gasteiger partial charge is 0.306 e. The molecule has 4 rings (SSSR count). The van der Waals surface area contributed by atoms with Crippen LogP contribution < -0.4 is 0 Å². The normalized spacial score (nSPS) is 37.3. The summed E-state index contributed by atoms with van der Waals surface area (Å²) in [5, 5.41) is 9.21. The quantitative estimate of drug-likeness (QED) is 0.370. The molecule has 9 nitrogen and oxygen atoms in total. The number of fused-ring (bicyclic) bond motifs is 4. The summed E-state index contributed by atoms with van der Waals surface area (Å²) in [6.07, 6.45) is 0.156. The van der Waals surface area contributed by atoms with Crippen molar-refractivity contribution in [3.63, 3.8) is 0 Å². The number of carbonyl (C=O) groups excluding carboxylic acids is 6. The van der Waals surface area contributed by atoms with Gasteiger partial charge in [-0.25, -0.2) is 0 Å². The fourth-order valence-electron chi connectivity index (χ4n) is 8.57. The molecule has 0 amide bonds. The van der Waals surface area contributed by atoms with Gasteiger partial charge >= 0.3 is 11.9 Å². The summed E-state index contributed by atoms with van der Waals surface area (Å²) in [5.41, 5.74) is -3.82. The van der Waals surface area contributed by atoms with E-state index in [4.69, 9.17) is 4.74 Å². The van der Waals surface area contributed by atoms with E-state index in [0.29, 0.717) is 12.0 Å². The first-order chi connectivity index (χ1) is 18.8. The Kier molecular flexibility index (Phi) is 7.24. The predicted octanol–water partition coefficient (Wildman–Crippen LogP) is 4.01. The van der Waals surface area contributed by atoms with Gasteiger partial charge < -0.3 is 9.84 Å². The molecule has 3 unspecified atom stereocenters. The second-order valence-electron chi connectivity index (χ2n) is 13.7. The fourth-order valence-corrected chi connectivity index (χ4v) is 8.57. The molecule has 0 aromatic carbocycles. The minimum Gasteiger partial charge on any atom is -0.481 e.